The van der Waals surface area contributed by atoms with E-state index in [4.69, 9.17) is 4.74 Å². The van der Waals surface area contributed by atoms with Crippen molar-refractivity contribution >= 4 is 23.1 Å². The van der Waals surface area contributed by atoms with Gasteiger partial charge in [-0.15, -0.1) is 0 Å². The highest BCUT2D eigenvalue weighted by molar-refractivity contribution is 6.51. The van der Waals surface area contributed by atoms with Gasteiger partial charge in [-0.05, 0) is 55.8 Å². The summed E-state index contributed by atoms with van der Waals surface area (Å²) in [5.41, 5.74) is 2.74. The third-order valence-electron chi connectivity index (χ3n) is 5.20. The smallest absolute Gasteiger partial charge is 0.300 e. The van der Waals surface area contributed by atoms with E-state index in [1.54, 1.807) is 60.9 Å². The van der Waals surface area contributed by atoms with Crippen LogP contribution in [-0.4, -0.2) is 28.4 Å². The first-order valence-electron chi connectivity index (χ1n) is 10.0. The molecule has 1 atom stereocenters. The van der Waals surface area contributed by atoms with Crippen LogP contribution in [0.2, 0.25) is 0 Å². The molecule has 0 saturated carbocycles. The average molecular weight is 414 g/mol. The molecule has 0 radical (unpaired) electrons. The maximum absolute atomic E-state index is 13.1. The van der Waals surface area contributed by atoms with E-state index in [1.807, 2.05) is 26.0 Å². The summed E-state index contributed by atoms with van der Waals surface area (Å²) in [6.45, 7) is 4.28. The van der Waals surface area contributed by atoms with E-state index in [0.29, 0.717) is 29.2 Å². The highest BCUT2D eigenvalue weighted by Crippen LogP contribution is 2.42. The maximum Gasteiger partial charge on any atom is 0.300 e. The molecule has 1 aliphatic rings. The second-order valence-electron chi connectivity index (χ2n) is 7.25. The zero-order valence-corrected chi connectivity index (χ0v) is 17.3. The van der Waals surface area contributed by atoms with Crippen LogP contribution in [0.5, 0.6) is 5.75 Å². The number of pyridine rings is 1. The zero-order chi connectivity index (χ0) is 22.0. The molecule has 0 spiro atoms. The number of ether oxygens (including phenoxy) is 1. The number of ketones is 1. The summed E-state index contributed by atoms with van der Waals surface area (Å²) in [6, 6.07) is 16.9. The van der Waals surface area contributed by atoms with Crippen LogP contribution < -0.4 is 9.64 Å². The molecule has 2 heterocycles. The van der Waals surface area contributed by atoms with Crippen molar-refractivity contribution in [2.24, 2.45) is 0 Å². The lowest BCUT2D eigenvalue weighted by Gasteiger charge is -2.25. The molecular weight excluding hydrogens is 392 g/mol. The Morgan fingerprint density at radius 2 is 1.77 bits per heavy atom. The Morgan fingerprint density at radius 1 is 1.06 bits per heavy atom. The Labute approximate surface area is 180 Å². The molecular formula is C25H22N2O4. The Morgan fingerprint density at radius 3 is 2.45 bits per heavy atom. The number of anilines is 1. The van der Waals surface area contributed by atoms with E-state index in [2.05, 4.69) is 4.98 Å². The van der Waals surface area contributed by atoms with Crippen LogP contribution >= 0.6 is 0 Å². The van der Waals surface area contributed by atoms with Crippen molar-refractivity contribution in [3.8, 4) is 5.75 Å². The molecule has 31 heavy (non-hydrogen) atoms. The van der Waals surface area contributed by atoms with Crippen molar-refractivity contribution in [2.75, 3.05) is 11.5 Å². The van der Waals surface area contributed by atoms with Gasteiger partial charge in [-0.3, -0.25) is 19.5 Å². The van der Waals surface area contributed by atoms with Gasteiger partial charge in [0.1, 0.15) is 11.5 Å². The van der Waals surface area contributed by atoms with E-state index in [0.717, 1.165) is 5.56 Å². The monoisotopic (exact) mass is 414 g/mol. The van der Waals surface area contributed by atoms with Crippen molar-refractivity contribution < 1.29 is 19.4 Å². The highest BCUT2D eigenvalue weighted by atomic mass is 16.5. The Bertz CT molecular complexity index is 1150. The molecule has 6 heteroatoms. The minimum atomic E-state index is -0.776. The van der Waals surface area contributed by atoms with Crippen molar-refractivity contribution in [3.05, 3.63) is 95.3 Å². The fourth-order valence-corrected chi connectivity index (χ4v) is 3.72. The van der Waals surface area contributed by atoms with Crippen LogP contribution in [0.25, 0.3) is 5.76 Å². The number of hydrogen-bond acceptors (Lipinski definition) is 5. The largest absolute Gasteiger partial charge is 0.507 e. The van der Waals surface area contributed by atoms with Crippen LogP contribution in [0.4, 0.5) is 5.69 Å². The number of aromatic nitrogens is 1. The molecule has 6 nitrogen and oxygen atoms in total. The molecule has 0 aliphatic carbocycles. The zero-order valence-electron chi connectivity index (χ0n) is 17.3. The van der Waals surface area contributed by atoms with Gasteiger partial charge < -0.3 is 9.84 Å². The van der Waals surface area contributed by atoms with E-state index in [1.165, 1.54) is 4.90 Å². The first kappa shape index (κ1) is 20.3. The predicted octanol–water partition coefficient (Wildman–Crippen LogP) is 4.42. The van der Waals surface area contributed by atoms with Crippen LogP contribution in [0.15, 0.2) is 78.6 Å². The van der Waals surface area contributed by atoms with Gasteiger partial charge in [-0.1, -0.05) is 29.8 Å². The third-order valence-corrected chi connectivity index (χ3v) is 5.20. The molecule has 1 saturated heterocycles. The van der Waals surface area contributed by atoms with Gasteiger partial charge in [0.05, 0.1) is 18.2 Å². The third kappa shape index (κ3) is 3.80. The molecule has 156 valence electrons. The van der Waals surface area contributed by atoms with Gasteiger partial charge in [0.25, 0.3) is 11.7 Å². The van der Waals surface area contributed by atoms with Gasteiger partial charge in [0.15, 0.2) is 0 Å². The average Bonchev–Trinajstić information content (AvgIpc) is 3.05. The lowest BCUT2D eigenvalue weighted by Crippen LogP contribution is -2.29. The molecule has 1 aromatic heterocycles. The molecule has 1 fully saturated rings. The number of aliphatic hydroxyl groups excluding tert-OH is 1. The summed E-state index contributed by atoms with van der Waals surface area (Å²) in [4.78, 5) is 31.7. The van der Waals surface area contributed by atoms with Crippen LogP contribution in [-0.2, 0) is 9.59 Å². The Kier molecular flexibility index (Phi) is 5.54. The normalized spacial score (nSPS) is 17.7. The number of nitrogens with zero attached hydrogens (tertiary/aromatic N) is 2. The van der Waals surface area contributed by atoms with Gasteiger partial charge in [0, 0.05) is 23.6 Å². The first-order valence-corrected chi connectivity index (χ1v) is 10.0. The van der Waals surface area contributed by atoms with Crippen molar-refractivity contribution in [2.45, 2.75) is 19.9 Å². The quantitative estimate of drug-likeness (QED) is 0.380. The first-order chi connectivity index (χ1) is 15.0. The van der Waals surface area contributed by atoms with E-state index in [9.17, 15) is 14.7 Å². The minimum Gasteiger partial charge on any atom is -0.507 e. The van der Waals surface area contributed by atoms with E-state index >= 15 is 0 Å². The standard InChI is InChI=1S/C25H22N2O4/c1-3-31-20-6-4-5-18(15-20)23(28)21-22(17-11-13-26-14-12-17)27(25(30)24(21)29)19-9-7-16(2)8-10-19/h4-15,22,28H,3H2,1-2H3/b23-21-. The number of aliphatic hydroxyl groups is 1. The number of hydrogen-bond donors (Lipinski definition) is 1. The van der Waals surface area contributed by atoms with E-state index in [-0.39, 0.29) is 11.3 Å². The van der Waals surface area contributed by atoms with Crippen molar-refractivity contribution in [3.63, 3.8) is 0 Å². The summed E-state index contributed by atoms with van der Waals surface area (Å²) in [5.74, 6) is -1.09. The highest BCUT2D eigenvalue weighted by Gasteiger charge is 2.46. The van der Waals surface area contributed by atoms with E-state index < -0.39 is 17.7 Å². The summed E-state index contributed by atoms with van der Waals surface area (Å²) < 4.78 is 5.52. The number of amides is 1. The second-order valence-corrected chi connectivity index (χ2v) is 7.25. The summed E-state index contributed by atoms with van der Waals surface area (Å²) >= 11 is 0. The number of carbonyl (C=O) groups is 2. The molecule has 3 aromatic rings. The van der Waals surface area contributed by atoms with Gasteiger partial charge in [-0.2, -0.15) is 0 Å². The molecule has 4 rings (SSSR count). The minimum absolute atomic E-state index is 0.0328. The van der Waals surface area contributed by atoms with Gasteiger partial charge in [0.2, 0.25) is 0 Å². The van der Waals surface area contributed by atoms with Crippen LogP contribution in [0.3, 0.4) is 0 Å². The number of aryl methyl sites for hydroxylation is 1. The SMILES string of the molecule is CCOc1cccc(/C(O)=C2/C(=O)C(=O)N(c3ccc(C)cc3)C2c2ccncc2)c1. The summed E-state index contributed by atoms with van der Waals surface area (Å²) in [6.07, 6.45) is 3.20. The van der Waals surface area contributed by atoms with Gasteiger partial charge in [-0.25, -0.2) is 0 Å². The summed E-state index contributed by atoms with van der Waals surface area (Å²) in [7, 11) is 0. The number of rotatable bonds is 5. The number of carbonyl (C=O) groups excluding carboxylic acids is 2. The Hall–Kier alpha value is -3.93. The molecule has 1 unspecified atom stereocenters. The number of benzene rings is 2. The number of Topliss-reactive ketones (excluding diaryl/α,β-unsaturated/α-hetero) is 1. The van der Waals surface area contributed by atoms with Crippen molar-refractivity contribution in [1.29, 1.82) is 0 Å². The molecule has 1 aliphatic heterocycles. The topological polar surface area (TPSA) is 79.7 Å². The lowest BCUT2D eigenvalue weighted by molar-refractivity contribution is -0.132. The lowest BCUT2D eigenvalue weighted by atomic mass is 9.95. The molecule has 2 aromatic carbocycles. The van der Waals surface area contributed by atoms with Gasteiger partial charge >= 0.3 is 0 Å². The predicted molar refractivity (Wildman–Crippen MR) is 118 cm³/mol. The molecule has 1 amide bonds. The van der Waals surface area contributed by atoms with Crippen molar-refractivity contribution in [1.82, 2.24) is 4.98 Å². The Balaban J connectivity index is 1.90. The molecule has 0 bridgehead atoms. The summed E-state index contributed by atoms with van der Waals surface area (Å²) in [5, 5.41) is 11.2. The fourth-order valence-electron chi connectivity index (χ4n) is 3.72. The van der Waals surface area contributed by atoms with Crippen LogP contribution in [0.1, 0.15) is 29.7 Å². The maximum atomic E-state index is 13.1. The second kappa shape index (κ2) is 8.44. The van der Waals surface area contributed by atoms with Crippen LogP contribution in [0, 0.1) is 6.92 Å². The molecule has 1 N–H and O–H groups in total. The fraction of sp³-hybridized carbons (Fsp3) is 0.160.